The molecular formula is C15H23ClN2O3. The Labute approximate surface area is 130 Å². The van der Waals surface area contributed by atoms with Gasteiger partial charge in [-0.2, -0.15) is 0 Å². The number of ether oxygens (including phenoxy) is 1. The van der Waals surface area contributed by atoms with E-state index in [0.717, 1.165) is 12.8 Å². The number of rotatable bonds is 7. The van der Waals surface area contributed by atoms with Crippen molar-refractivity contribution in [2.24, 2.45) is 5.41 Å². The number of carbonyl (C=O) groups excluding carboxylic acids is 1. The van der Waals surface area contributed by atoms with Crippen LogP contribution in [0, 0.1) is 5.41 Å². The Morgan fingerprint density at radius 2 is 2.14 bits per heavy atom. The van der Waals surface area contributed by atoms with Gasteiger partial charge in [0.2, 0.25) is 0 Å². The Kier molecular flexibility index (Phi) is 6.78. The molecule has 0 radical (unpaired) electrons. The van der Waals surface area contributed by atoms with Gasteiger partial charge in [-0.15, -0.1) is 0 Å². The fourth-order valence-electron chi connectivity index (χ4n) is 1.74. The number of benzene rings is 1. The van der Waals surface area contributed by atoms with Crippen LogP contribution in [0.25, 0.3) is 0 Å². The molecular weight excluding hydrogens is 292 g/mol. The second-order valence-corrected chi connectivity index (χ2v) is 6.06. The Bertz CT molecular complexity index is 478. The smallest absolute Gasteiger partial charge is 0.319 e. The zero-order valence-corrected chi connectivity index (χ0v) is 13.5. The molecule has 21 heavy (non-hydrogen) atoms. The van der Waals surface area contributed by atoms with E-state index in [0.29, 0.717) is 23.0 Å². The van der Waals surface area contributed by atoms with E-state index >= 15 is 0 Å². The lowest BCUT2D eigenvalue weighted by atomic mass is 9.89. The molecule has 0 saturated carbocycles. The first-order chi connectivity index (χ1) is 9.88. The Morgan fingerprint density at radius 1 is 1.43 bits per heavy atom. The molecule has 0 bridgehead atoms. The van der Waals surface area contributed by atoms with Crippen LogP contribution in [0.1, 0.15) is 26.7 Å². The summed E-state index contributed by atoms with van der Waals surface area (Å²) in [5, 5.41) is 15.0. The van der Waals surface area contributed by atoms with Crippen LogP contribution in [-0.2, 0) is 0 Å². The number of halogens is 1. The molecule has 0 saturated heterocycles. The van der Waals surface area contributed by atoms with Crippen LogP contribution in [0.5, 0.6) is 5.75 Å². The first-order valence-corrected chi connectivity index (χ1v) is 7.25. The molecule has 0 aliphatic heterocycles. The highest BCUT2D eigenvalue weighted by molar-refractivity contribution is 6.33. The van der Waals surface area contributed by atoms with Crippen LogP contribution >= 0.6 is 11.6 Å². The molecule has 5 nitrogen and oxygen atoms in total. The maximum Gasteiger partial charge on any atom is 0.319 e. The minimum Gasteiger partial charge on any atom is -0.497 e. The lowest BCUT2D eigenvalue weighted by molar-refractivity contribution is 0.148. The van der Waals surface area contributed by atoms with Gasteiger partial charge in [-0.25, -0.2) is 4.79 Å². The minimum absolute atomic E-state index is 0.114. The molecule has 1 aromatic carbocycles. The number of anilines is 1. The molecule has 3 N–H and O–H groups in total. The Hall–Kier alpha value is -1.46. The second-order valence-electron chi connectivity index (χ2n) is 5.65. The summed E-state index contributed by atoms with van der Waals surface area (Å²) in [7, 11) is 1.55. The molecule has 118 valence electrons. The van der Waals surface area contributed by atoms with Crippen LogP contribution in [0.3, 0.4) is 0 Å². The zero-order valence-electron chi connectivity index (χ0n) is 12.7. The quantitative estimate of drug-likeness (QED) is 0.676. The highest BCUT2D eigenvalue weighted by Crippen LogP contribution is 2.26. The van der Waals surface area contributed by atoms with Crippen molar-refractivity contribution in [3.8, 4) is 5.75 Å². The molecule has 0 heterocycles. The van der Waals surface area contributed by atoms with Crippen LogP contribution in [0.2, 0.25) is 5.02 Å². The van der Waals surface area contributed by atoms with E-state index in [1.807, 2.05) is 13.8 Å². The van der Waals surface area contributed by atoms with Crippen LogP contribution < -0.4 is 15.4 Å². The largest absolute Gasteiger partial charge is 0.497 e. The van der Waals surface area contributed by atoms with Crippen molar-refractivity contribution in [2.45, 2.75) is 26.7 Å². The number of hydrogen-bond donors (Lipinski definition) is 3. The first kappa shape index (κ1) is 17.6. The summed E-state index contributed by atoms with van der Waals surface area (Å²) in [5.41, 5.74) is 0.419. The van der Waals surface area contributed by atoms with Crippen LogP contribution in [0.4, 0.5) is 10.5 Å². The van der Waals surface area contributed by atoms with Gasteiger partial charge in [-0.05, 0) is 30.4 Å². The van der Waals surface area contributed by atoms with Crippen molar-refractivity contribution in [1.29, 1.82) is 0 Å². The predicted molar refractivity (Wildman–Crippen MR) is 85.1 cm³/mol. The summed E-state index contributed by atoms with van der Waals surface area (Å²) >= 11 is 6.04. The summed E-state index contributed by atoms with van der Waals surface area (Å²) in [6.45, 7) is 4.66. The summed E-state index contributed by atoms with van der Waals surface area (Å²) in [5.74, 6) is 0.636. The van der Waals surface area contributed by atoms with Crippen molar-refractivity contribution in [2.75, 3.05) is 25.6 Å². The molecule has 0 aromatic heterocycles. The van der Waals surface area contributed by atoms with Gasteiger partial charge in [0, 0.05) is 19.2 Å². The van der Waals surface area contributed by atoms with Gasteiger partial charge in [0.25, 0.3) is 0 Å². The van der Waals surface area contributed by atoms with E-state index in [1.165, 1.54) is 0 Å². The van der Waals surface area contributed by atoms with E-state index in [2.05, 4.69) is 10.6 Å². The minimum atomic E-state index is -0.302. The highest BCUT2D eigenvalue weighted by Gasteiger charge is 2.15. The van der Waals surface area contributed by atoms with E-state index in [9.17, 15) is 4.79 Å². The standard InChI is InChI=1S/C15H23ClN2O3/c1-15(2,10-19)7-4-8-17-14(20)18-13-6-5-11(21-3)9-12(13)16/h5-6,9,19H,4,7-8,10H2,1-3H3,(H2,17,18,20). The van der Waals surface area contributed by atoms with Crippen molar-refractivity contribution in [3.05, 3.63) is 23.2 Å². The Balaban J connectivity index is 2.37. The number of nitrogens with one attached hydrogen (secondary N) is 2. The molecule has 0 atom stereocenters. The third-order valence-electron chi connectivity index (χ3n) is 3.17. The normalized spacial score (nSPS) is 11.1. The first-order valence-electron chi connectivity index (χ1n) is 6.87. The average Bonchev–Trinajstić information content (AvgIpc) is 2.46. The lowest BCUT2D eigenvalue weighted by Crippen LogP contribution is -2.30. The second kappa shape index (κ2) is 8.10. The molecule has 6 heteroatoms. The van der Waals surface area contributed by atoms with Gasteiger partial charge in [-0.1, -0.05) is 25.4 Å². The summed E-state index contributed by atoms with van der Waals surface area (Å²) < 4.78 is 5.04. The monoisotopic (exact) mass is 314 g/mol. The highest BCUT2D eigenvalue weighted by atomic mass is 35.5. The Morgan fingerprint density at radius 3 is 2.71 bits per heavy atom. The number of methoxy groups -OCH3 is 1. The predicted octanol–water partition coefficient (Wildman–Crippen LogP) is 3.27. The van der Waals surface area contributed by atoms with Gasteiger partial charge in [-0.3, -0.25) is 0 Å². The summed E-state index contributed by atoms with van der Waals surface area (Å²) in [4.78, 5) is 11.8. The number of amides is 2. The number of hydrogen-bond acceptors (Lipinski definition) is 3. The van der Waals surface area contributed by atoms with Crippen molar-refractivity contribution in [3.63, 3.8) is 0 Å². The maximum absolute atomic E-state index is 11.8. The van der Waals surface area contributed by atoms with Crippen LogP contribution in [0.15, 0.2) is 18.2 Å². The van der Waals surface area contributed by atoms with Gasteiger partial charge in [0.15, 0.2) is 0 Å². The van der Waals surface area contributed by atoms with E-state index < -0.39 is 0 Å². The van der Waals surface area contributed by atoms with E-state index in [1.54, 1.807) is 25.3 Å². The van der Waals surface area contributed by atoms with Crippen molar-refractivity contribution < 1.29 is 14.6 Å². The average molecular weight is 315 g/mol. The number of aliphatic hydroxyl groups is 1. The number of urea groups is 1. The van der Waals surface area contributed by atoms with Crippen LogP contribution in [-0.4, -0.2) is 31.4 Å². The SMILES string of the molecule is COc1ccc(NC(=O)NCCCC(C)(C)CO)c(Cl)c1. The van der Waals surface area contributed by atoms with Crippen molar-refractivity contribution >= 4 is 23.3 Å². The molecule has 0 spiro atoms. The third kappa shape index (κ3) is 6.23. The molecule has 0 aliphatic carbocycles. The number of aliphatic hydroxyl groups excluding tert-OH is 1. The molecule has 0 unspecified atom stereocenters. The van der Waals surface area contributed by atoms with E-state index in [4.69, 9.17) is 21.4 Å². The third-order valence-corrected chi connectivity index (χ3v) is 3.48. The molecule has 1 rings (SSSR count). The van der Waals surface area contributed by atoms with Gasteiger partial charge in [0.1, 0.15) is 5.75 Å². The molecule has 2 amide bonds. The van der Waals surface area contributed by atoms with Gasteiger partial charge < -0.3 is 20.5 Å². The lowest BCUT2D eigenvalue weighted by Gasteiger charge is -2.21. The summed E-state index contributed by atoms with van der Waals surface area (Å²) in [6.07, 6.45) is 1.64. The van der Waals surface area contributed by atoms with Gasteiger partial charge in [0.05, 0.1) is 17.8 Å². The topological polar surface area (TPSA) is 70.6 Å². The number of carbonyl (C=O) groups is 1. The molecule has 0 fully saturated rings. The molecule has 0 aliphatic rings. The fourth-order valence-corrected chi connectivity index (χ4v) is 1.96. The van der Waals surface area contributed by atoms with Crippen molar-refractivity contribution in [1.82, 2.24) is 5.32 Å². The van der Waals surface area contributed by atoms with E-state index in [-0.39, 0.29) is 18.1 Å². The molecule has 1 aromatic rings. The fraction of sp³-hybridized carbons (Fsp3) is 0.533. The summed E-state index contributed by atoms with van der Waals surface area (Å²) in [6, 6.07) is 4.76. The zero-order chi connectivity index (χ0) is 15.9. The maximum atomic E-state index is 11.8. The van der Waals surface area contributed by atoms with Gasteiger partial charge >= 0.3 is 6.03 Å².